The van der Waals surface area contributed by atoms with Crippen molar-refractivity contribution in [2.24, 2.45) is 0 Å². The van der Waals surface area contributed by atoms with Crippen LogP contribution in [0.2, 0.25) is 5.02 Å². The van der Waals surface area contributed by atoms with Crippen LogP contribution in [0.25, 0.3) is 9.75 Å². The van der Waals surface area contributed by atoms with Gasteiger partial charge in [-0.15, -0.1) is 27.1 Å². The molecule has 2 aromatic heterocycles. The minimum absolute atomic E-state index is 0.124. The van der Waals surface area contributed by atoms with Gasteiger partial charge in [0, 0.05) is 28.7 Å². The lowest BCUT2D eigenvalue weighted by atomic mass is 10.4. The van der Waals surface area contributed by atoms with E-state index in [-0.39, 0.29) is 22.2 Å². The first kappa shape index (κ1) is 22.0. The number of rotatable bonds is 6. The zero-order chi connectivity index (χ0) is 21.4. The van der Waals surface area contributed by atoms with Gasteiger partial charge in [-0.3, -0.25) is 0 Å². The van der Waals surface area contributed by atoms with E-state index in [2.05, 4.69) is 13.7 Å². The molecular weight excluding hydrogens is 508 g/mol. The van der Waals surface area contributed by atoms with E-state index >= 15 is 0 Å². The molecule has 30 heavy (non-hydrogen) atoms. The van der Waals surface area contributed by atoms with Crippen molar-refractivity contribution in [2.75, 3.05) is 18.8 Å². The van der Waals surface area contributed by atoms with Crippen molar-refractivity contribution >= 4 is 70.6 Å². The Hall–Kier alpha value is -1.19. The van der Waals surface area contributed by atoms with Gasteiger partial charge < -0.3 is 0 Å². The van der Waals surface area contributed by atoms with Crippen molar-refractivity contribution in [3.05, 3.63) is 47.6 Å². The fourth-order valence-electron chi connectivity index (χ4n) is 2.65. The summed E-state index contributed by atoms with van der Waals surface area (Å²) >= 11 is 8.17. The molecular formula is C16H15ClN4O4S5. The minimum Gasteiger partial charge on any atom is -0.207 e. The maximum Gasteiger partial charge on any atom is 0.258 e. The molecule has 0 amide bonds. The van der Waals surface area contributed by atoms with E-state index in [9.17, 15) is 16.8 Å². The van der Waals surface area contributed by atoms with E-state index in [1.807, 2.05) is 0 Å². The summed E-state index contributed by atoms with van der Waals surface area (Å²) in [6.45, 7) is 0.341. The summed E-state index contributed by atoms with van der Waals surface area (Å²) < 4.78 is 58.9. The smallest absolute Gasteiger partial charge is 0.207 e. The summed E-state index contributed by atoms with van der Waals surface area (Å²) in [7, 11) is -8.13. The number of nitrogens with one attached hydrogen (secondary N) is 1. The van der Waals surface area contributed by atoms with Crippen molar-refractivity contribution in [3.8, 4) is 9.75 Å². The van der Waals surface area contributed by atoms with E-state index in [4.69, 9.17) is 11.6 Å². The van der Waals surface area contributed by atoms with Gasteiger partial charge in [0.05, 0.1) is 16.0 Å². The van der Waals surface area contributed by atoms with Crippen molar-refractivity contribution < 1.29 is 16.8 Å². The Kier molecular flexibility index (Phi) is 6.42. The van der Waals surface area contributed by atoms with Gasteiger partial charge in [-0.25, -0.2) is 16.8 Å². The lowest BCUT2D eigenvalue weighted by molar-refractivity contribution is 0.470. The first-order chi connectivity index (χ1) is 14.3. The third kappa shape index (κ3) is 4.67. The van der Waals surface area contributed by atoms with Gasteiger partial charge in [0.1, 0.15) is 4.21 Å². The Labute approximate surface area is 189 Å². The molecule has 0 spiro atoms. The van der Waals surface area contributed by atoms with Gasteiger partial charge in [0.15, 0.2) is 0 Å². The molecule has 0 bridgehead atoms. The molecule has 1 aliphatic heterocycles. The lowest BCUT2D eigenvalue weighted by Crippen LogP contribution is -2.39. The number of benzene rings is 1. The Bertz CT molecular complexity index is 1290. The van der Waals surface area contributed by atoms with Crippen LogP contribution in [0.15, 0.2) is 51.7 Å². The first-order valence-corrected chi connectivity index (χ1v) is 14.8. The third-order valence-corrected chi connectivity index (χ3v) is 12.5. The highest BCUT2D eigenvalue weighted by molar-refractivity contribution is 8.20. The number of hydrogen-bond donors (Lipinski definition) is 1. The molecule has 0 saturated carbocycles. The SMILES string of the molecule is O=S(=O)(NS1=CCN(S(=O)(=O)c2ccc(Cl)cc2)CC1)c1ccc(-c2cnns2)s1. The van der Waals surface area contributed by atoms with Crippen LogP contribution in [0.4, 0.5) is 0 Å². The van der Waals surface area contributed by atoms with E-state index in [1.165, 1.54) is 40.1 Å². The number of hydrogen-bond acceptors (Lipinski definition) is 8. The Morgan fingerprint density at radius 2 is 1.83 bits per heavy atom. The van der Waals surface area contributed by atoms with Crippen LogP contribution in [-0.4, -0.2) is 54.9 Å². The molecule has 3 aromatic rings. The van der Waals surface area contributed by atoms with Crippen molar-refractivity contribution in [3.63, 3.8) is 0 Å². The molecule has 0 aliphatic carbocycles. The van der Waals surface area contributed by atoms with Gasteiger partial charge >= 0.3 is 0 Å². The zero-order valence-electron chi connectivity index (χ0n) is 15.1. The molecule has 4 rings (SSSR count). The second-order valence-corrected chi connectivity index (χ2v) is 14.3. The van der Waals surface area contributed by atoms with E-state index in [1.54, 1.807) is 23.7 Å². The summed E-state index contributed by atoms with van der Waals surface area (Å²) in [5.74, 6) is 0.364. The standard InChI is InChI=1S/C16H15ClN4O4S5/c17-12-1-3-13(4-2-12)30(24,25)21-7-9-28(10-8-21)20-29(22,23)16-6-5-14(26-16)15-11-18-19-27-15/h1-6,9,11,20H,7-8,10H2. The molecule has 0 saturated heterocycles. The zero-order valence-corrected chi connectivity index (χ0v) is 20.0. The maximum atomic E-state index is 12.7. The number of aromatic nitrogens is 2. The molecule has 1 atom stereocenters. The van der Waals surface area contributed by atoms with Gasteiger partial charge in [0.2, 0.25) is 10.0 Å². The quantitative estimate of drug-likeness (QED) is 0.498. The highest BCUT2D eigenvalue weighted by Crippen LogP contribution is 2.33. The van der Waals surface area contributed by atoms with Crippen LogP contribution >= 0.6 is 45.1 Å². The maximum absolute atomic E-state index is 12.7. The average molecular weight is 523 g/mol. The predicted molar refractivity (Wildman–Crippen MR) is 122 cm³/mol. The lowest BCUT2D eigenvalue weighted by Gasteiger charge is -2.26. The van der Waals surface area contributed by atoms with Crippen LogP contribution in [0.1, 0.15) is 0 Å². The highest BCUT2D eigenvalue weighted by Gasteiger charge is 2.27. The van der Waals surface area contributed by atoms with Crippen molar-refractivity contribution in [1.29, 1.82) is 0 Å². The second-order valence-electron chi connectivity index (χ2n) is 6.10. The van der Waals surface area contributed by atoms with Crippen molar-refractivity contribution in [2.45, 2.75) is 9.10 Å². The van der Waals surface area contributed by atoms with Crippen molar-refractivity contribution in [1.82, 2.24) is 18.0 Å². The van der Waals surface area contributed by atoms with Crippen LogP contribution < -0.4 is 4.13 Å². The van der Waals surface area contributed by atoms with E-state index < -0.39 is 30.7 Å². The molecule has 14 heteroatoms. The van der Waals surface area contributed by atoms with Crippen LogP contribution in [-0.2, 0) is 20.0 Å². The molecule has 0 fully saturated rings. The average Bonchev–Trinajstić information content (AvgIpc) is 3.40. The predicted octanol–water partition coefficient (Wildman–Crippen LogP) is 2.89. The number of nitrogens with zero attached hydrogens (tertiary/aromatic N) is 3. The van der Waals surface area contributed by atoms with E-state index in [0.29, 0.717) is 10.8 Å². The third-order valence-electron chi connectivity index (χ3n) is 4.16. The highest BCUT2D eigenvalue weighted by atomic mass is 35.5. The molecule has 1 N–H and O–H groups in total. The van der Waals surface area contributed by atoms with Gasteiger partial charge in [-0.2, -0.15) is 8.43 Å². The summed E-state index contributed by atoms with van der Waals surface area (Å²) in [6, 6.07) is 9.25. The minimum atomic E-state index is -3.71. The fourth-order valence-corrected chi connectivity index (χ4v) is 9.95. The van der Waals surface area contributed by atoms with Crippen LogP contribution in [0.3, 0.4) is 0 Å². The summed E-state index contributed by atoms with van der Waals surface area (Å²) in [4.78, 5) is 1.74. The number of sulfonamides is 2. The Morgan fingerprint density at radius 3 is 2.47 bits per heavy atom. The molecule has 8 nitrogen and oxygen atoms in total. The normalized spacial score (nSPS) is 18.2. The molecule has 3 heterocycles. The van der Waals surface area contributed by atoms with E-state index in [0.717, 1.165) is 21.1 Å². The molecule has 1 aromatic carbocycles. The topological polar surface area (TPSA) is 109 Å². The summed E-state index contributed by atoms with van der Waals surface area (Å²) in [5, 5.41) is 5.91. The Morgan fingerprint density at radius 1 is 1.07 bits per heavy atom. The number of thiophene rings is 1. The van der Waals surface area contributed by atoms with Gasteiger partial charge in [0.25, 0.3) is 10.0 Å². The van der Waals surface area contributed by atoms with Crippen LogP contribution in [0, 0.1) is 0 Å². The first-order valence-electron chi connectivity index (χ1n) is 8.44. The fraction of sp³-hybridized carbons (Fsp3) is 0.188. The largest absolute Gasteiger partial charge is 0.258 e. The van der Waals surface area contributed by atoms with Crippen LogP contribution in [0.5, 0.6) is 0 Å². The van der Waals surface area contributed by atoms with Gasteiger partial charge in [-0.05, 0) is 53.3 Å². The summed E-state index contributed by atoms with van der Waals surface area (Å²) in [5.41, 5.74) is 0. The molecule has 1 unspecified atom stereocenters. The molecule has 160 valence electrons. The second kappa shape index (κ2) is 8.74. The van der Waals surface area contributed by atoms with Gasteiger partial charge in [-0.1, -0.05) is 16.1 Å². The molecule has 0 radical (unpaired) electrons. The summed E-state index contributed by atoms with van der Waals surface area (Å²) in [6.07, 6.45) is 1.59. The number of halogens is 1. The Balaban J connectivity index is 1.46. The molecule has 1 aliphatic rings. The monoisotopic (exact) mass is 522 g/mol.